The second-order valence-electron chi connectivity index (χ2n) is 6.74. The molecular formula is C23H21ClN4O. The molecule has 146 valence electrons. The average molecular weight is 405 g/mol. The van der Waals surface area contributed by atoms with Crippen molar-refractivity contribution >= 4 is 34.4 Å². The van der Waals surface area contributed by atoms with Crippen LogP contribution < -0.4 is 10.6 Å². The van der Waals surface area contributed by atoms with E-state index in [9.17, 15) is 4.79 Å². The Balaban J connectivity index is 1.50. The SMILES string of the molecule is Cc1c(Cl)cccc1NC(=O)NCCn1c(-c2ccccc2)nc2ccccc21. The maximum atomic E-state index is 12.3. The van der Waals surface area contributed by atoms with E-state index < -0.39 is 0 Å². The summed E-state index contributed by atoms with van der Waals surface area (Å²) in [7, 11) is 0. The number of carbonyl (C=O) groups excluding carboxylic acids is 1. The molecule has 0 saturated heterocycles. The Morgan fingerprint density at radius 3 is 2.59 bits per heavy atom. The number of halogens is 1. The summed E-state index contributed by atoms with van der Waals surface area (Å²) in [4.78, 5) is 17.1. The first-order chi connectivity index (χ1) is 14.1. The molecule has 0 aliphatic rings. The van der Waals surface area contributed by atoms with E-state index in [1.165, 1.54) is 0 Å². The number of benzene rings is 3. The molecule has 5 nitrogen and oxygen atoms in total. The van der Waals surface area contributed by atoms with Gasteiger partial charge in [-0.3, -0.25) is 0 Å². The Labute approximate surface area is 174 Å². The van der Waals surface area contributed by atoms with E-state index in [1.54, 1.807) is 6.07 Å². The fourth-order valence-corrected chi connectivity index (χ4v) is 3.47. The molecule has 0 radical (unpaired) electrons. The lowest BCUT2D eigenvalue weighted by Crippen LogP contribution is -2.31. The van der Waals surface area contributed by atoms with Gasteiger partial charge in [0.1, 0.15) is 5.82 Å². The highest BCUT2D eigenvalue weighted by molar-refractivity contribution is 6.31. The molecule has 1 aromatic heterocycles. The molecule has 29 heavy (non-hydrogen) atoms. The molecule has 2 amide bonds. The summed E-state index contributed by atoms with van der Waals surface area (Å²) in [5.74, 6) is 0.889. The van der Waals surface area contributed by atoms with Crippen LogP contribution in [0.1, 0.15) is 5.56 Å². The van der Waals surface area contributed by atoms with E-state index in [-0.39, 0.29) is 6.03 Å². The monoisotopic (exact) mass is 404 g/mol. The molecule has 1 heterocycles. The van der Waals surface area contributed by atoms with Crippen LogP contribution in [0.2, 0.25) is 5.02 Å². The predicted molar refractivity (Wildman–Crippen MR) is 118 cm³/mol. The van der Waals surface area contributed by atoms with E-state index in [0.29, 0.717) is 23.8 Å². The summed E-state index contributed by atoms with van der Waals surface area (Å²) in [6, 6.07) is 23.3. The summed E-state index contributed by atoms with van der Waals surface area (Å²) >= 11 is 6.12. The van der Waals surface area contributed by atoms with Gasteiger partial charge in [-0.05, 0) is 36.8 Å². The van der Waals surface area contributed by atoms with Crippen LogP contribution in [0.4, 0.5) is 10.5 Å². The zero-order chi connectivity index (χ0) is 20.2. The van der Waals surface area contributed by atoms with Gasteiger partial charge in [-0.25, -0.2) is 9.78 Å². The molecule has 0 saturated carbocycles. The standard InChI is InChI=1S/C23H21ClN4O/c1-16-18(24)10-7-12-19(16)27-23(29)25-14-15-28-21-13-6-5-11-20(21)26-22(28)17-8-3-2-4-9-17/h2-13H,14-15H2,1H3,(H2,25,27,29). The molecule has 0 unspecified atom stereocenters. The minimum Gasteiger partial charge on any atom is -0.336 e. The highest BCUT2D eigenvalue weighted by atomic mass is 35.5. The fourth-order valence-electron chi connectivity index (χ4n) is 3.30. The van der Waals surface area contributed by atoms with Crippen LogP contribution >= 0.6 is 11.6 Å². The zero-order valence-electron chi connectivity index (χ0n) is 16.0. The summed E-state index contributed by atoms with van der Waals surface area (Å²) in [5, 5.41) is 6.40. The van der Waals surface area contributed by atoms with Gasteiger partial charge in [-0.15, -0.1) is 0 Å². The average Bonchev–Trinajstić information content (AvgIpc) is 3.11. The number of carbonyl (C=O) groups is 1. The van der Waals surface area contributed by atoms with Crippen molar-refractivity contribution in [3.63, 3.8) is 0 Å². The lowest BCUT2D eigenvalue weighted by Gasteiger charge is -2.13. The number of nitrogens with zero attached hydrogens (tertiary/aromatic N) is 2. The van der Waals surface area contributed by atoms with Gasteiger partial charge in [-0.1, -0.05) is 60.1 Å². The predicted octanol–water partition coefficient (Wildman–Crippen LogP) is 5.49. The Kier molecular flexibility index (Phi) is 5.49. The number of anilines is 1. The van der Waals surface area contributed by atoms with Crippen LogP contribution in [0.25, 0.3) is 22.4 Å². The third-order valence-corrected chi connectivity index (χ3v) is 5.23. The second kappa shape index (κ2) is 8.37. The van der Waals surface area contributed by atoms with Gasteiger partial charge >= 0.3 is 6.03 Å². The molecule has 0 bridgehead atoms. The van der Waals surface area contributed by atoms with Gasteiger partial charge < -0.3 is 15.2 Å². The van der Waals surface area contributed by atoms with E-state index in [2.05, 4.69) is 15.2 Å². The second-order valence-corrected chi connectivity index (χ2v) is 7.14. The van der Waals surface area contributed by atoms with Crippen LogP contribution in [0.15, 0.2) is 72.8 Å². The summed E-state index contributed by atoms with van der Waals surface area (Å²) < 4.78 is 2.13. The lowest BCUT2D eigenvalue weighted by atomic mass is 10.2. The van der Waals surface area contributed by atoms with Crippen LogP contribution in [0, 0.1) is 6.92 Å². The van der Waals surface area contributed by atoms with Crippen LogP contribution in [-0.4, -0.2) is 22.1 Å². The van der Waals surface area contributed by atoms with Crippen molar-refractivity contribution in [3.05, 3.63) is 83.4 Å². The molecule has 0 aliphatic carbocycles. The molecule has 4 aromatic rings. The van der Waals surface area contributed by atoms with Crippen molar-refractivity contribution in [2.24, 2.45) is 0 Å². The first-order valence-electron chi connectivity index (χ1n) is 9.44. The van der Waals surface area contributed by atoms with Crippen molar-refractivity contribution in [2.45, 2.75) is 13.5 Å². The fraction of sp³-hybridized carbons (Fsp3) is 0.130. The van der Waals surface area contributed by atoms with Crippen molar-refractivity contribution in [1.29, 1.82) is 0 Å². The number of urea groups is 1. The maximum absolute atomic E-state index is 12.3. The largest absolute Gasteiger partial charge is 0.336 e. The Bertz CT molecular complexity index is 1150. The Morgan fingerprint density at radius 2 is 1.76 bits per heavy atom. The molecule has 2 N–H and O–H groups in total. The van der Waals surface area contributed by atoms with E-state index >= 15 is 0 Å². The number of hydrogen-bond donors (Lipinski definition) is 2. The molecule has 0 spiro atoms. The van der Waals surface area contributed by atoms with E-state index in [0.717, 1.165) is 28.0 Å². The van der Waals surface area contributed by atoms with E-state index in [1.807, 2.05) is 73.7 Å². The highest BCUT2D eigenvalue weighted by Crippen LogP contribution is 2.25. The van der Waals surface area contributed by atoms with Gasteiger partial charge in [0.25, 0.3) is 0 Å². The van der Waals surface area contributed by atoms with Gasteiger partial charge in [0.15, 0.2) is 0 Å². The van der Waals surface area contributed by atoms with Crippen molar-refractivity contribution in [2.75, 3.05) is 11.9 Å². The number of fused-ring (bicyclic) bond motifs is 1. The maximum Gasteiger partial charge on any atom is 0.319 e. The third-order valence-electron chi connectivity index (χ3n) is 4.82. The quantitative estimate of drug-likeness (QED) is 0.462. The normalized spacial score (nSPS) is 10.8. The first-order valence-corrected chi connectivity index (χ1v) is 9.82. The Hall–Kier alpha value is -3.31. The van der Waals surface area contributed by atoms with Gasteiger partial charge in [-0.2, -0.15) is 0 Å². The number of rotatable bonds is 5. The zero-order valence-corrected chi connectivity index (χ0v) is 16.8. The van der Waals surface area contributed by atoms with Crippen molar-refractivity contribution in [1.82, 2.24) is 14.9 Å². The molecule has 4 rings (SSSR count). The summed E-state index contributed by atoms with van der Waals surface area (Å²) in [6.45, 7) is 2.94. The van der Waals surface area contributed by atoms with Crippen molar-refractivity contribution in [3.8, 4) is 11.4 Å². The third kappa shape index (κ3) is 4.10. The van der Waals surface area contributed by atoms with Crippen LogP contribution in [0.3, 0.4) is 0 Å². The molecule has 0 atom stereocenters. The Morgan fingerprint density at radius 1 is 1.00 bits per heavy atom. The molecular weight excluding hydrogens is 384 g/mol. The molecule has 0 aliphatic heterocycles. The molecule has 3 aromatic carbocycles. The van der Waals surface area contributed by atoms with Gasteiger partial charge in [0, 0.05) is 29.4 Å². The first kappa shape index (κ1) is 19.0. The highest BCUT2D eigenvalue weighted by Gasteiger charge is 2.12. The molecule has 6 heteroatoms. The number of imidazole rings is 1. The molecule has 0 fully saturated rings. The smallest absolute Gasteiger partial charge is 0.319 e. The number of hydrogen-bond acceptors (Lipinski definition) is 2. The minimum absolute atomic E-state index is 0.263. The van der Waals surface area contributed by atoms with Crippen molar-refractivity contribution < 1.29 is 4.79 Å². The van der Waals surface area contributed by atoms with E-state index in [4.69, 9.17) is 16.6 Å². The number of nitrogens with one attached hydrogen (secondary N) is 2. The topological polar surface area (TPSA) is 59.0 Å². The number of para-hydroxylation sites is 2. The van der Waals surface area contributed by atoms with Crippen LogP contribution in [-0.2, 0) is 6.54 Å². The lowest BCUT2D eigenvalue weighted by molar-refractivity contribution is 0.251. The summed E-state index contributed by atoms with van der Waals surface area (Å²) in [5.41, 5.74) is 4.57. The van der Waals surface area contributed by atoms with Gasteiger partial charge in [0.2, 0.25) is 0 Å². The van der Waals surface area contributed by atoms with Gasteiger partial charge in [0.05, 0.1) is 11.0 Å². The summed E-state index contributed by atoms with van der Waals surface area (Å²) in [6.07, 6.45) is 0. The van der Waals surface area contributed by atoms with Crippen LogP contribution in [0.5, 0.6) is 0 Å². The number of aromatic nitrogens is 2. The number of amides is 2. The minimum atomic E-state index is -0.263.